The molecule has 2 heterocycles. The SMILES string of the molecule is CCn1c(=O)c(SCC(=O)NCCN2CCN(c3cccc(C)c3C)CC2)nc2ccccc21. The first kappa shape index (κ1) is 24.3. The number of aromatic nitrogens is 2. The van der Waals surface area contributed by atoms with Gasteiger partial charge in [0, 0.05) is 51.5 Å². The molecule has 4 rings (SSSR count). The molecule has 1 aliphatic rings. The molecule has 0 atom stereocenters. The van der Waals surface area contributed by atoms with Gasteiger partial charge >= 0.3 is 0 Å². The van der Waals surface area contributed by atoms with Crippen LogP contribution in [-0.2, 0) is 11.3 Å². The third-order valence-electron chi connectivity index (χ3n) is 6.52. The predicted octanol–water partition coefficient (Wildman–Crippen LogP) is 3.06. The second-order valence-electron chi connectivity index (χ2n) is 8.64. The van der Waals surface area contributed by atoms with Crippen molar-refractivity contribution in [2.24, 2.45) is 0 Å². The zero-order valence-electron chi connectivity index (χ0n) is 20.2. The van der Waals surface area contributed by atoms with Crippen molar-refractivity contribution in [3.05, 3.63) is 63.9 Å². The molecule has 1 fully saturated rings. The second kappa shape index (κ2) is 11.1. The van der Waals surface area contributed by atoms with E-state index in [4.69, 9.17) is 0 Å². The minimum atomic E-state index is -0.138. The minimum Gasteiger partial charge on any atom is -0.369 e. The van der Waals surface area contributed by atoms with Gasteiger partial charge in [0.2, 0.25) is 5.91 Å². The van der Waals surface area contributed by atoms with E-state index in [1.807, 2.05) is 31.2 Å². The van der Waals surface area contributed by atoms with Gasteiger partial charge < -0.3 is 14.8 Å². The van der Waals surface area contributed by atoms with Gasteiger partial charge in [-0.05, 0) is 50.1 Å². The van der Waals surface area contributed by atoms with Crippen LogP contribution in [-0.4, -0.2) is 65.4 Å². The molecule has 0 bridgehead atoms. The molecule has 3 aromatic rings. The van der Waals surface area contributed by atoms with Gasteiger partial charge in [0.15, 0.2) is 5.03 Å². The Hall–Kier alpha value is -2.84. The topological polar surface area (TPSA) is 70.5 Å². The number of fused-ring (bicyclic) bond motifs is 1. The lowest BCUT2D eigenvalue weighted by Crippen LogP contribution is -2.48. The molecular formula is C26H33N5O2S. The molecule has 180 valence electrons. The zero-order valence-corrected chi connectivity index (χ0v) is 21.0. The third kappa shape index (κ3) is 5.45. The van der Waals surface area contributed by atoms with E-state index in [0.29, 0.717) is 18.1 Å². The van der Waals surface area contributed by atoms with Gasteiger partial charge in [0.1, 0.15) is 0 Å². The molecule has 0 radical (unpaired) electrons. The number of nitrogens with zero attached hydrogens (tertiary/aromatic N) is 4. The van der Waals surface area contributed by atoms with Crippen molar-refractivity contribution in [2.45, 2.75) is 32.3 Å². The Morgan fingerprint density at radius 2 is 1.82 bits per heavy atom. The minimum absolute atomic E-state index is 0.0728. The predicted molar refractivity (Wildman–Crippen MR) is 140 cm³/mol. The smallest absolute Gasteiger partial charge is 0.283 e. The Bertz CT molecular complexity index is 1220. The number of rotatable bonds is 8. The van der Waals surface area contributed by atoms with E-state index in [1.54, 1.807) is 4.57 Å². The summed E-state index contributed by atoms with van der Waals surface area (Å²) in [7, 11) is 0. The fourth-order valence-corrected chi connectivity index (χ4v) is 5.17. The van der Waals surface area contributed by atoms with E-state index in [9.17, 15) is 9.59 Å². The van der Waals surface area contributed by atoms with E-state index in [0.717, 1.165) is 43.8 Å². The van der Waals surface area contributed by atoms with Crippen LogP contribution in [0.4, 0.5) is 5.69 Å². The molecule has 1 amide bonds. The van der Waals surface area contributed by atoms with Crippen molar-refractivity contribution in [2.75, 3.05) is 49.9 Å². The first-order valence-electron chi connectivity index (χ1n) is 11.9. The lowest BCUT2D eigenvalue weighted by Gasteiger charge is -2.37. The van der Waals surface area contributed by atoms with Crippen LogP contribution in [0.1, 0.15) is 18.1 Å². The molecular weight excluding hydrogens is 446 g/mol. The highest BCUT2D eigenvalue weighted by molar-refractivity contribution is 7.99. The van der Waals surface area contributed by atoms with Gasteiger partial charge in [-0.3, -0.25) is 14.5 Å². The summed E-state index contributed by atoms with van der Waals surface area (Å²) < 4.78 is 1.71. The van der Waals surface area contributed by atoms with Crippen molar-refractivity contribution in [1.29, 1.82) is 0 Å². The molecule has 0 saturated carbocycles. The second-order valence-corrected chi connectivity index (χ2v) is 9.61. The third-order valence-corrected chi connectivity index (χ3v) is 7.46. The maximum Gasteiger partial charge on any atom is 0.283 e. The van der Waals surface area contributed by atoms with Gasteiger partial charge in [0.25, 0.3) is 5.56 Å². The van der Waals surface area contributed by atoms with E-state index >= 15 is 0 Å². The molecule has 1 aromatic heterocycles. The van der Waals surface area contributed by atoms with E-state index < -0.39 is 0 Å². The molecule has 0 aliphatic carbocycles. The van der Waals surface area contributed by atoms with Crippen molar-refractivity contribution in [3.63, 3.8) is 0 Å². The van der Waals surface area contributed by atoms with Crippen LogP contribution in [0.5, 0.6) is 0 Å². The van der Waals surface area contributed by atoms with Crippen LogP contribution in [0.2, 0.25) is 0 Å². The van der Waals surface area contributed by atoms with Crippen molar-refractivity contribution in [1.82, 2.24) is 19.8 Å². The van der Waals surface area contributed by atoms with Crippen LogP contribution >= 0.6 is 11.8 Å². The first-order chi connectivity index (χ1) is 16.5. The van der Waals surface area contributed by atoms with Crippen molar-refractivity contribution >= 4 is 34.4 Å². The first-order valence-corrected chi connectivity index (χ1v) is 12.9. The lowest BCUT2D eigenvalue weighted by molar-refractivity contribution is -0.118. The summed E-state index contributed by atoms with van der Waals surface area (Å²) >= 11 is 1.21. The summed E-state index contributed by atoms with van der Waals surface area (Å²) in [6, 6.07) is 14.1. The highest BCUT2D eigenvalue weighted by Crippen LogP contribution is 2.23. The largest absolute Gasteiger partial charge is 0.369 e. The van der Waals surface area contributed by atoms with Crippen LogP contribution in [0, 0.1) is 13.8 Å². The Morgan fingerprint density at radius 3 is 2.59 bits per heavy atom. The number of anilines is 1. The number of thioether (sulfide) groups is 1. The summed E-state index contributed by atoms with van der Waals surface area (Å²) in [4.78, 5) is 34.5. The highest BCUT2D eigenvalue weighted by Gasteiger charge is 2.19. The zero-order chi connectivity index (χ0) is 24.1. The summed E-state index contributed by atoms with van der Waals surface area (Å²) in [5, 5.41) is 3.37. The Balaban J connectivity index is 1.23. The Morgan fingerprint density at radius 1 is 1.06 bits per heavy atom. The highest BCUT2D eigenvalue weighted by atomic mass is 32.2. The number of benzene rings is 2. The molecule has 0 spiro atoms. The maximum absolute atomic E-state index is 12.8. The van der Waals surface area contributed by atoms with Crippen molar-refractivity contribution < 1.29 is 4.79 Å². The van der Waals surface area contributed by atoms with E-state index in [1.165, 1.54) is 28.6 Å². The summed E-state index contributed by atoms with van der Waals surface area (Å²) in [5.74, 6) is 0.112. The number of amides is 1. The molecule has 1 saturated heterocycles. The number of hydrogen-bond donors (Lipinski definition) is 1. The van der Waals surface area contributed by atoms with Gasteiger partial charge in [-0.25, -0.2) is 4.98 Å². The van der Waals surface area contributed by atoms with Gasteiger partial charge in [-0.1, -0.05) is 36.0 Å². The number of piperazine rings is 1. The van der Waals surface area contributed by atoms with Crippen LogP contribution < -0.4 is 15.8 Å². The van der Waals surface area contributed by atoms with Gasteiger partial charge in [-0.2, -0.15) is 0 Å². The standard InChI is InChI=1S/C26H33N5O2S/c1-4-31-23-10-6-5-9-21(23)28-25(26(31)33)34-18-24(32)27-12-13-29-14-16-30(17-15-29)22-11-7-8-19(2)20(22)3/h5-11H,4,12-18H2,1-3H3,(H,27,32). The Kier molecular flexibility index (Phi) is 7.90. The summed E-state index contributed by atoms with van der Waals surface area (Å²) in [5.41, 5.74) is 5.46. The number of nitrogens with one attached hydrogen (secondary N) is 1. The number of carbonyl (C=O) groups is 1. The van der Waals surface area contributed by atoms with Crippen LogP contribution in [0.3, 0.4) is 0 Å². The average Bonchev–Trinajstić information content (AvgIpc) is 2.85. The maximum atomic E-state index is 12.8. The summed E-state index contributed by atoms with van der Waals surface area (Å²) in [6.45, 7) is 12.2. The average molecular weight is 480 g/mol. The molecule has 8 heteroatoms. The lowest BCUT2D eigenvalue weighted by atomic mass is 10.1. The molecule has 1 aliphatic heterocycles. The molecule has 2 aromatic carbocycles. The van der Waals surface area contributed by atoms with E-state index in [-0.39, 0.29) is 17.2 Å². The number of carbonyl (C=O) groups excluding carboxylic acids is 1. The molecule has 1 N–H and O–H groups in total. The fourth-order valence-electron chi connectivity index (χ4n) is 4.41. The number of para-hydroxylation sites is 2. The summed E-state index contributed by atoms with van der Waals surface area (Å²) in [6.07, 6.45) is 0. The fraction of sp³-hybridized carbons (Fsp3) is 0.423. The Labute approximate surface area is 205 Å². The van der Waals surface area contributed by atoms with Gasteiger partial charge in [-0.15, -0.1) is 0 Å². The van der Waals surface area contributed by atoms with Crippen molar-refractivity contribution in [3.8, 4) is 0 Å². The molecule has 34 heavy (non-hydrogen) atoms. The van der Waals surface area contributed by atoms with Crippen LogP contribution in [0.15, 0.2) is 52.3 Å². The monoisotopic (exact) mass is 479 g/mol. The number of hydrogen-bond acceptors (Lipinski definition) is 6. The van der Waals surface area contributed by atoms with Gasteiger partial charge in [0.05, 0.1) is 16.8 Å². The van der Waals surface area contributed by atoms with Crippen LogP contribution in [0.25, 0.3) is 11.0 Å². The molecule has 7 nitrogen and oxygen atoms in total. The number of aryl methyl sites for hydroxylation is 2. The normalized spacial score (nSPS) is 14.5. The quantitative estimate of drug-likeness (QED) is 0.501. The van der Waals surface area contributed by atoms with E-state index in [2.05, 4.69) is 52.1 Å². The molecule has 0 unspecified atom stereocenters.